The highest BCUT2D eigenvalue weighted by atomic mass is 35.5. The summed E-state index contributed by atoms with van der Waals surface area (Å²) in [5.41, 5.74) is -2.10. The van der Waals surface area contributed by atoms with Crippen LogP contribution in [0.5, 0.6) is 11.5 Å². The van der Waals surface area contributed by atoms with Crippen molar-refractivity contribution in [1.82, 2.24) is 15.3 Å². The molecule has 0 bridgehead atoms. The van der Waals surface area contributed by atoms with E-state index in [2.05, 4.69) is 15.3 Å². The molecule has 2 amide bonds. The van der Waals surface area contributed by atoms with Gasteiger partial charge in [0, 0.05) is 22.1 Å². The van der Waals surface area contributed by atoms with Crippen molar-refractivity contribution in [3.8, 4) is 22.8 Å². The Bertz CT molecular complexity index is 1910. The minimum atomic E-state index is -5.50. The first kappa shape index (κ1) is 33.1. The summed E-state index contributed by atoms with van der Waals surface area (Å²) in [4.78, 5) is 33.9. The average molecular weight is 685 g/mol. The van der Waals surface area contributed by atoms with Crippen LogP contribution in [0, 0.1) is 12.7 Å². The van der Waals surface area contributed by atoms with Gasteiger partial charge in [0.15, 0.2) is 0 Å². The number of carbonyl (C=O) groups excluding carboxylic acids is 2. The molecule has 4 aromatic rings. The van der Waals surface area contributed by atoms with Crippen LogP contribution in [-0.2, 0) is 15.8 Å². The van der Waals surface area contributed by atoms with Crippen molar-refractivity contribution in [3.63, 3.8) is 0 Å². The number of fused-ring (bicyclic) bond motifs is 2. The third-order valence-electron chi connectivity index (χ3n) is 7.74. The molecule has 2 aromatic carbocycles. The van der Waals surface area contributed by atoms with Gasteiger partial charge in [0.1, 0.15) is 47.2 Å². The molecule has 0 unspecified atom stereocenters. The normalized spacial score (nSPS) is 17.3. The molecule has 16 heteroatoms. The highest BCUT2D eigenvalue weighted by Crippen LogP contribution is 2.48. The highest BCUT2D eigenvalue weighted by molar-refractivity contribution is 6.32. The number of amides is 2. The van der Waals surface area contributed by atoms with Crippen molar-refractivity contribution < 1.29 is 46.1 Å². The van der Waals surface area contributed by atoms with E-state index in [1.807, 2.05) is 0 Å². The lowest BCUT2D eigenvalue weighted by Crippen LogP contribution is -2.52. The molecule has 46 heavy (non-hydrogen) atoms. The number of hydrogen-bond acceptors (Lipinski definition) is 7. The number of nitrogens with one attached hydrogen (secondary N) is 1. The van der Waals surface area contributed by atoms with Gasteiger partial charge in [-0.25, -0.2) is 18.7 Å². The standard InChI is InChI=1S/C30H23Cl2F5N4O5/c1-13-18(31)7-15-5-16(8-21(45-2)23(15)40-13)26(42)39-11-29(44,30(35,36)37)22-9-17-25(46-12-28(17,10-33)27(38)43)24(41-22)14-3-4-20(34)19(32)6-14/h3-9,44H,10-12H2,1-2H3,(H2,38,43)(H,39,42)/t28-,29+/m1/s1. The second-order valence-electron chi connectivity index (χ2n) is 10.6. The third-order valence-corrected chi connectivity index (χ3v) is 8.41. The minimum absolute atomic E-state index is 0.0806. The molecule has 0 saturated carbocycles. The van der Waals surface area contributed by atoms with Gasteiger partial charge in [0.25, 0.3) is 5.91 Å². The molecule has 242 valence electrons. The number of nitrogens with zero attached hydrogens (tertiary/aromatic N) is 2. The number of primary amides is 1. The summed E-state index contributed by atoms with van der Waals surface area (Å²) in [6.45, 7) is -2.00. The number of halogens is 7. The van der Waals surface area contributed by atoms with Crippen LogP contribution in [0.15, 0.2) is 42.5 Å². The number of aromatic nitrogens is 2. The highest BCUT2D eigenvalue weighted by Gasteiger charge is 2.58. The van der Waals surface area contributed by atoms with Crippen molar-refractivity contribution in [2.24, 2.45) is 5.73 Å². The van der Waals surface area contributed by atoms with Crippen molar-refractivity contribution in [3.05, 3.63) is 80.8 Å². The van der Waals surface area contributed by atoms with Gasteiger partial charge in [-0.05, 0) is 49.4 Å². The molecule has 3 heterocycles. The Morgan fingerprint density at radius 3 is 2.46 bits per heavy atom. The van der Waals surface area contributed by atoms with Crippen LogP contribution >= 0.6 is 23.2 Å². The van der Waals surface area contributed by atoms with Crippen LogP contribution in [-0.4, -0.2) is 60.0 Å². The van der Waals surface area contributed by atoms with Gasteiger partial charge in [0.2, 0.25) is 11.5 Å². The van der Waals surface area contributed by atoms with Crippen LogP contribution in [0.3, 0.4) is 0 Å². The molecular weight excluding hydrogens is 662 g/mol. The van der Waals surface area contributed by atoms with Crippen LogP contribution in [0.25, 0.3) is 22.2 Å². The molecule has 0 radical (unpaired) electrons. The van der Waals surface area contributed by atoms with Crippen molar-refractivity contribution >= 4 is 45.9 Å². The fourth-order valence-electron chi connectivity index (χ4n) is 4.99. The maximum Gasteiger partial charge on any atom is 0.424 e. The van der Waals surface area contributed by atoms with E-state index in [4.69, 9.17) is 38.4 Å². The number of aliphatic hydroxyl groups is 1. The quantitative estimate of drug-likeness (QED) is 0.214. The molecule has 0 spiro atoms. The summed E-state index contributed by atoms with van der Waals surface area (Å²) in [5, 5.41) is 13.5. The summed E-state index contributed by atoms with van der Waals surface area (Å²) in [5.74, 6) is -3.35. The van der Waals surface area contributed by atoms with E-state index in [9.17, 15) is 36.6 Å². The zero-order valence-corrected chi connectivity index (χ0v) is 25.4. The summed E-state index contributed by atoms with van der Waals surface area (Å²) in [6.07, 6.45) is -5.50. The van der Waals surface area contributed by atoms with Gasteiger partial charge < -0.3 is 25.6 Å². The maximum atomic E-state index is 14.7. The molecule has 0 saturated heterocycles. The zero-order valence-electron chi connectivity index (χ0n) is 23.9. The smallest absolute Gasteiger partial charge is 0.424 e. The van der Waals surface area contributed by atoms with Crippen molar-refractivity contribution in [2.75, 3.05) is 26.9 Å². The van der Waals surface area contributed by atoms with Crippen LogP contribution in [0.4, 0.5) is 22.0 Å². The Balaban J connectivity index is 1.62. The number of carbonyl (C=O) groups is 2. The van der Waals surface area contributed by atoms with E-state index in [1.165, 1.54) is 25.3 Å². The van der Waals surface area contributed by atoms with Crippen molar-refractivity contribution in [1.29, 1.82) is 0 Å². The number of benzene rings is 2. The van der Waals surface area contributed by atoms with Crippen molar-refractivity contribution in [2.45, 2.75) is 24.1 Å². The van der Waals surface area contributed by atoms with Crippen LogP contribution in [0.2, 0.25) is 10.0 Å². The molecule has 2 atom stereocenters. The zero-order chi connectivity index (χ0) is 33.8. The number of rotatable bonds is 8. The molecule has 2 aromatic heterocycles. The number of alkyl halides is 4. The Labute approximate surface area is 267 Å². The van der Waals surface area contributed by atoms with E-state index in [1.54, 1.807) is 6.92 Å². The van der Waals surface area contributed by atoms with Gasteiger partial charge in [-0.3, -0.25) is 9.59 Å². The molecule has 0 aliphatic carbocycles. The first-order valence-electron chi connectivity index (χ1n) is 13.3. The van der Waals surface area contributed by atoms with Gasteiger partial charge in [0.05, 0.1) is 35.1 Å². The third kappa shape index (κ3) is 5.43. The topological polar surface area (TPSA) is 137 Å². The number of methoxy groups -OCH3 is 1. The second-order valence-corrected chi connectivity index (χ2v) is 11.4. The Morgan fingerprint density at radius 2 is 1.85 bits per heavy atom. The molecule has 1 aliphatic rings. The van der Waals surface area contributed by atoms with Gasteiger partial charge in [-0.1, -0.05) is 23.2 Å². The first-order valence-corrected chi connectivity index (χ1v) is 14.0. The Hall–Kier alpha value is -4.27. The monoisotopic (exact) mass is 684 g/mol. The van der Waals surface area contributed by atoms with E-state index in [0.717, 1.165) is 18.2 Å². The van der Waals surface area contributed by atoms with E-state index >= 15 is 0 Å². The number of pyridine rings is 2. The van der Waals surface area contributed by atoms with Gasteiger partial charge >= 0.3 is 6.18 Å². The summed E-state index contributed by atoms with van der Waals surface area (Å²) in [6, 6.07) is 7.76. The van der Waals surface area contributed by atoms with Gasteiger partial charge in [-0.2, -0.15) is 13.2 Å². The Kier molecular flexibility index (Phi) is 8.51. The number of ether oxygens (including phenoxy) is 2. The fraction of sp³-hybridized carbons (Fsp3) is 0.267. The van der Waals surface area contributed by atoms with E-state index in [-0.39, 0.29) is 27.6 Å². The SMILES string of the molecule is COc1cc(C(=O)NC[C@](O)(c2cc3c(c(-c4ccc(F)c(Cl)c4)n2)OC[C@@]3(CF)C(N)=O)C(F)(F)F)cc2cc(Cl)c(C)nc12. The number of hydrogen-bond donors (Lipinski definition) is 3. The largest absolute Gasteiger partial charge is 0.494 e. The predicted molar refractivity (Wildman–Crippen MR) is 157 cm³/mol. The molecule has 4 N–H and O–H groups in total. The molecule has 0 fully saturated rings. The molecule has 9 nitrogen and oxygen atoms in total. The lowest BCUT2D eigenvalue weighted by Gasteiger charge is -2.31. The fourth-order valence-corrected chi connectivity index (χ4v) is 5.33. The lowest BCUT2D eigenvalue weighted by atomic mass is 9.81. The number of nitrogens with two attached hydrogens (primary N) is 1. The molecule has 1 aliphatic heterocycles. The maximum absolute atomic E-state index is 14.7. The summed E-state index contributed by atoms with van der Waals surface area (Å²) in [7, 11) is 1.31. The number of aryl methyl sites for hydroxylation is 1. The average Bonchev–Trinajstić information content (AvgIpc) is 3.40. The minimum Gasteiger partial charge on any atom is -0.494 e. The van der Waals surface area contributed by atoms with Crippen LogP contribution < -0.4 is 20.5 Å². The van der Waals surface area contributed by atoms with Crippen LogP contribution in [0.1, 0.15) is 27.3 Å². The van der Waals surface area contributed by atoms with Gasteiger partial charge in [-0.15, -0.1) is 0 Å². The summed E-state index contributed by atoms with van der Waals surface area (Å²) >= 11 is 12.1. The molecule has 5 rings (SSSR count). The second kappa shape index (κ2) is 11.8. The van der Waals surface area contributed by atoms with E-state index < -0.39 is 76.6 Å². The predicted octanol–water partition coefficient (Wildman–Crippen LogP) is 5.32. The lowest BCUT2D eigenvalue weighted by molar-refractivity contribution is -0.265. The van der Waals surface area contributed by atoms with E-state index in [0.29, 0.717) is 22.7 Å². The first-order chi connectivity index (χ1) is 21.6. The molecular formula is C30H23Cl2F5N4O5. The summed E-state index contributed by atoms with van der Waals surface area (Å²) < 4.78 is 83.4. The Morgan fingerprint density at radius 1 is 1.13 bits per heavy atom.